The molecule has 1 saturated heterocycles. The van der Waals surface area contributed by atoms with Crippen LogP contribution in [0.2, 0.25) is 0 Å². The molecule has 3 unspecified atom stereocenters. The Morgan fingerprint density at radius 3 is 2.36 bits per heavy atom. The van der Waals surface area contributed by atoms with E-state index in [0.717, 1.165) is 6.42 Å². The van der Waals surface area contributed by atoms with E-state index < -0.39 is 12.2 Å². The fraction of sp³-hybridized carbons (Fsp3) is 0.889. The van der Waals surface area contributed by atoms with Gasteiger partial charge in [-0.1, -0.05) is 6.92 Å². The van der Waals surface area contributed by atoms with E-state index in [9.17, 15) is 10.2 Å². The van der Waals surface area contributed by atoms with Crippen molar-refractivity contribution >= 4 is 5.84 Å². The van der Waals surface area contributed by atoms with Crippen LogP contribution in [-0.2, 0) is 0 Å². The molecule has 1 heterocycles. The number of aliphatic hydroxyl groups is 2. The van der Waals surface area contributed by atoms with Gasteiger partial charge in [-0.15, -0.1) is 0 Å². The van der Waals surface area contributed by atoms with Crippen LogP contribution in [0.3, 0.4) is 0 Å². The molecule has 0 radical (unpaired) electrons. The van der Waals surface area contributed by atoms with Crippen molar-refractivity contribution in [1.82, 2.24) is 4.90 Å². The maximum atomic E-state index is 9.37. The molecule has 0 aromatic heterocycles. The minimum absolute atomic E-state index is 0.160. The van der Waals surface area contributed by atoms with Crippen molar-refractivity contribution in [3.8, 4) is 0 Å². The number of β-amino-alcohol motifs (C(OH)–C–C–N with tert-alkyl or cyclic N) is 2. The molecule has 1 aliphatic rings. The molecule has 14 heavy (non-hydrogen) atoms. The molecular weight excluding hydrogens is 182 g/mol. The molecule has 0 aromatic carbocycles. The number of nitrogens with two attached hydrogens (primary N) is 1. The van der Waals surface area contributed by atoms with Crippen LogP contribution < -0.4 is 5.73 Å². The highest BCUT2D eigenvalue weighted by Gasteiger charge is 2.33. The second-order valence-electron chi connectivity index (χ2n) is 3.88. The first-order chi connectivity index (χ1) is 6.54. The average molecular weight is 201 g/mol. The Balaban J connectivity index is 2.50. The summed E-state index contributed by atoms with van der Waals surface area (Å²) in [5.41, 5.74) is 5.34. The van der Waals surface area contributed by atoms with E-state index in [-0.39, 0.29) is 11.9 Å². The zero-order valence-corrected chi connectivity index (χ0v) is 8.48. The molecule has 3 atom stereocenters. The molecule has 0 aliphatic carbocycles. The predicted molar refractivity (Wildman–Crippen MR) is 54.2 cm³/mol. The van der Waals surface area contributed by atoms with Crippen LogP contribution >= 0.6 is 0 Å². The van der Waals surface area contributed by atoms with Gasteiger partial charge in [0, 0.05) is 25.6 Å². The van der Waals surface area contributed by atoms with Gasteiger partial charge in [0.05, 0.1) is 18.0 Å². The van der Waals surface area contributed by atoms with Gasteiger partial charge < -0.3 is 15.9 Å². The standard InChI is InChI=1S/C9H19N3O2/c1-2-6(3-9(10)11)12-4-7(13)8(14)5-12/h6-8,13-14H,2-5H2,1H3,(H3,10,11). The van der Waals surface area contributed by atoms with Gasteiger partial charge in [0.25, 0.3) is 0 Å². The minimum atomic E-state index is -0.656. The van der Waals surface area contributed by atoms with E-state index in [4.69, 9.17) is 11.1 Å². The first-order valence-electron chi connectivity index (χ1n) is 4.97. The topological polar surface area (TPSA) is 93.6 Å². The van der Waals surface area contributed by atoms with E-state index in [0.29, 0.717) is 19.5 Å². The number of nitrogens with one attached hydrogen (secondary N) is 1. The van der Waals surface area contributed by atoms with Gasteiger partial charge in [-0.25, -0.2) is 0 Å². The lowest BCUT2D eigenvalue weighted by Crippen LogP contribution is -2.36. The van der Waals surface area contributed by atoms with Gasteiger partial charge in [0.15, 0.2) is 0 Å². The number of likely N-dealkylation sites (tertiary alicyclic amines) is 1. The van der Waals surface area contributed by atoms with Crippen molar-refractivity contribution < 1.29 is 10.2 Å². The Bertz CT molecular complexity index is 200. The lowest BCUT2D eigenvalue weighted by molar-refractivity contribution is 0.0572. The van der Waals surface area contributed by atoms with E-state index in [2.05, 4.69) is 0 Å². The van der Waals surface area contributed by atoms with E-state index in [1.807, 2.05) is 11.8 Å². The molecular formula is C9H19N3O2. The number of aliphatic hydroxyl groups excluding tert-OH is 2. The maximum absolute atomic E-state index is 9.37. The zero-order valence-electron chi connectivity index (χ0n) is 8.48. The fourth-order valence-corrected chi connectivity index (χ4v) is 1.88. The largest absolute Gasteiger partial charge is 0.389 e. The fourth-order valence-electron chi connectivity index (χ4n) is 1.88. The van der Waals surface area contributed by atoms with E-state index in [1.165, 1.54) is 0 Å². The van der Waals surface area contributed by atoms with Crippen LogP contribution in [-0.4, -0.2) is 52.3 Å². The first kappa shape index (κ1) is 11.4. The highest BCUT2D eigenvalue weighted by Crippen LogP contribution is 2.17. The van der Waals surface area contributed by atoms with Gasteiger partial charge in [-0.3, -0.25) is 10.3 Å². The highest BCUT2D eigenvalue weighted by atomic mass is 16.3. The smallest absolute Gasteiger partial charge is 0.0938 e. The van der Waals surface area contributed by atoms with Gasteiger partial charge in [0.2, 0.25) is 0 Å². The third-order valence-electron chi connectivity index (χ3n) is 2.73. The quantitative estimate of drug-likeness (QED) is 0.351. The van der Waals surface area contributed by atoms with Gasteiger partial charge in [-0.05, 0) is 6.42 Å². The summed E-state index contributed by atoms with van der Waals surface area (Å²) in [7, 11) is 0. The summed E-state index contributed by atoms with van der Waals surface area (Å²) in [6.45, 7) is 2.98. The Hall–Kier alpha value is -0.650. The van der Waals surface area contributed by atoms with Crippen LogP contribution in [0.4, 0.5) is 0 Å². The maximum Gasteiger partial charge on any atom is 0.0938 e. The molecule has 1 rings (SSSR count). The van der Waals surface area contributed by atoms with Crippen LogP contribution in [0, 0.1) is 5.41 Å². The average Bonchev–Trinajstić information content (AvgIpc) is 2.42. The van der Waals surface area contributed by atoms with Crippen molar-refractivity contribution in [2.45, 2.75) is 38.0 Å². The molecule has 0 saturated carbocycles. The van der Waals surface area contributed by atoms with Crippen LogP contribution in [0.25, 0.3) is 0 Å². The third-order valence-corrected chi connectivity index (χ3v) is 2.73. The first-order valence-corrected chi connectivity index (χ1v) is 4.97. The van der Waals surface area contributed by atoms with Crippen molar-refractivity contribution in [1.29, 1.82) is 5.41 Å². The third kappa shape index (κ3) is 2.67. The molecule has 0 aromatic rings. The summed E-state index contributed by atoms with van der Waals surface area (Å²) in [5, 5.41) is 26.0. The van der Waals surface area contributed by atoms with E-state index in [1.54, 1.807) is 0 Å². The number of amidine groups is 1. The summed E-state index contributed by atoms with van der Waals surface area (Å²) in [4.78, 5) is 2.00. The van der Waals surface area contributed by atoms with Gasteiger partial charge >= 0.3 is 0 Å². The molecule has 5 N–H and O–H groups in total. The lowest BCUT2D eigenvalue weighted by Gasteiger charge is -2.25. The van der Waals surface area contributed by atoms with E-state index >= 15 is 0 Å². The molecule has 5 heteroatoms. The predicted octanol–water partition coefficient (Wildman–Crippen LogP) is -0.872. The SMILES string of the molecule is CCC(CC(=N)N)N1CC(O)C(O)C1. The Kier molecular flexibility index (Phi) is 3.86. The number of hydrogen-bond donors (Lipinski definition) is 4. The molecule has 0 bridgehead atoms. The molecule has 0 amide bonds. The molecule has 1 aliphatic heterocycles. The monoisotopic (exact) mass is 201 g/mol. The van der Waals surface area contributed by atoms with Crippen molar-refractivity contribution in [2.24, 2.45) is 5.73 Å². The summed E-state index contributed by atoms with van der Waals surface area (Å²) >= 11 is 0. The Morgan fingerprint density at radius 1 is 1.50 bits per heavy atom. The summed E-state index contributed by atoms with van der Waals surface area (Å²) in [5.74, 6) is 0.160. The van der Waals surface area contributed by atoms with Gasteiger partial charge in [-0.2, -0.15) is 0 Å². The zero-order chi connectivity index (χ0) is 10.7. The molecule has 0 spiro atoms. The van der Waals surface area contributed by atoms with Crippen molar-refractivity contribution in [3.63, 3.8) is 0 Å². The number of hydrogen-bond acceptors (Lipinski definition) is 4. The number of rotatable bonds is 4. The molecule has 5 nitrogen and oxygen atoms in total. The second kappa shape index (κ2) is 4.72. The lowest BCUT2D eigenvalue weighted by atomic mass is 10.1. The summed E-state index contributed by atoms with van der Waals surface area (Å²) in [6, 6.07) is 0.166. The van der Waals surface area contributed by atoms with Crippen molar-refractivity contribution in [2.75, 3.05) is 13.1 Å². The second-order valence-corrected chi connectivity index (χ2v) is 3.88. The molecule has 82 valence electrons. The molecule has 1 fully saturated rings. The summed E-state index contributed by atoms with van der Waals surface area (Å²) < 4.78 is 0. The van der Waals surface area contributed by atoms with Crippen LogP contribution in [0.15, 0.2) is 0 Å². The van der Waals surface area contributed by atoms with Crippen LogP contribution in [0.5, 0.6) is 0 Å². The Morgan fingerprint density at radius 2 is 2.00 bits per heavy atom. The summed E-state index contributed by atoms with van der Waals surface area (Å²) in [6.07, 6.45) is 0.0709. The van der Waals surface area contributed by atoms with Crippen molar-refractivity contribution in [3.05, 3.63) is 0 Å². The highest BCUT2D eigenvalue weighted by molar-refractivity contribution is 5.77. The Labute approximate surface area is 84.0 Å². The normalized spacial score (nSPS) is 30.5. The number of nitrogens with zero attached hydrogens (tertiary/aromatic N) is 1. The van der Waals surface area contributed by atoms with Crippen LogP contribution in [0.1, 0.15) is 19.8 Å². The van der Waals surface area contributed by atoms with Gasteiger partial charge in [0.1, 0.15) is 0 Å². The minimum Gasteiger partial charge on any atom is -0.389 e.